The van der Waals surface area contributed by atoms with Crippen LogP contribution in [0.15, 0.2) is 71.8 Å². The highest BCUT2D eigenvalue weighted by molar-refractivity contribution is 7.89. The fraction of sp³-hybridized carbons (Fsp3) is 0.263. The van der Waals surface area contributed by atoms with Gasteiger partial charge < -0.3 is 4.74 Å². The van der Waals surface area contributed by atoms with Crippen LogP contribution in [0.4, 0.5) is 0 Å². The average molecular weight is 341 g/mol. The topological polar surface area (TPSA) is 49.9 Å². The number of aryl methyl sites for hydroxylation is 1. The summed E-state index contributed by atoms with van der Waals surface area (Å²) in [5, 5.41) is 0. The van der Waals surface area contributed by atoms with E-state index in [4.69, 9.17) is 4.74 Å². The van der Waals surface area contributed by atoms with Crippen molar-refractivity contribution in [2.24, 2.45) is 0 Å². The molecule has 0 aromatic heterocycles. The summed E-state index contributed by atoms with van der Waals surface area (Å²) in [5.74, 6) is 0. The monoisotopic (exact) mass is 341 g/mol. The zero-order valence-electron chi connectivity index (χ0n) is 13.6. The maximum atomic E-state index is 13.3. The van der Waals surface area contributed by atoms with Crippen molar-refractivity contribution in [1.29, 1.82) is 0 Å². The van der Waals surface area contributed by atoms with Gasteiger partial charge in [0, 0.05) is 0 Å². The summed E-state index contributed by atoms with van der Waals surface area (Å²) in [6, 6.07) is 16.1. The lowest BCUT2D eigenvalue weighted by Gasteiger charge is -2.31. The molecule has 2 fully saturated rings. The van der Waals surface area contributed by atoms with Crippen LogP contribution in [-0.4, -0.2) is 24.4 Å². The highest BCUT2D eigenvalue weighted by atomic mass is 32.2. The third kappa shape index (κ3) is 2.05. The largest absolute Gasteiger partial charge is 0.357 e. The minimum atomic E-state index is -3.69. The molecule has 0 amide bonds. The number of epoxide rings is 1. The smallest absolute Gasteiger partial charge is 0.264 e. The Morgan fingerprint density at radius 1 is 1.08 bits per heavy atom. The molecule has 0 unspecified atom stereocenters. The molecule has 124 valence electrons. The quantitative estimate of drug-likeness (QED) is 0.804. The minimum absolute atomic E-state index is 0.247. The fourth-order valence-electron chi connectivity index (χ4n) is 3.56. The van der Waals surface area contributed by atoms with Crippen LogP contribution in [0, 0.1) is 6.92 Å². The summed E-state index contributed by atoms with van der Waals surface area (Å²) in [6.07, 6.45) is -0.247. The molecule has 2 aliphatic heterocycles. The summed E-state index contributed by atoms with van der Waals surface area (Å²) >= 11 is 0. The summed E-state index contributed by atoms with van der Waals surface area (Å²) in [4.78, 5) is 0.278. The molecular weight excluding hydrogens is 322 g/mol. The molecule has 4 nitrogen and oxygen atoms in total. The Labute approximate surface area is 142 Å². The third-order valence-corrected chi connectivity index (χ3v) is 6.72. The first-order chi connectivity index (χ1) is 11.4. The number of fused-ring (bicyclic) bond motifs is 1. The third-order valence-electron chi connectivity index (χ3n) is 4.89. The molecule has 0 radical (unpaired) electrons. The first-order valence-electron chi connectivity index (χ1n) is 7.88. The van der Waals surface area contributed by atoms with Crippen molar-refractivity contribution in [2.45, 2.75) is 36.5 Å². The first kappa shape index (κ1) is 15.4. The minimum Gasteiger partial charge on any atom is -0.357 e. The number of sulfonamides is 1. The Bertz CT molecular complexity index is 905. The van der Waals surface area contributed by atoms with Gasteiger partial charge in [0.25, 0.3) is 10.0 Å². The number of benzene rings is 2. The van der Waals surface area contributed by atoms with E-state index in [0.29, 0.717) is 5.70 Å². The van der Waals surface area contributed by atoms with Gasteiger partial charge in [-0.3, -0.25) is 4.31 Å². The van der Waals surface area contributed by atoms with E-state index in [1.54, 1.807) is 12.1 Å². The number of hydrogen-bond donors (Lipinski definition) is 0. The van der Waals surface area contributed by atoms with Crippen molar-refractivity contribution in [2.75, 3.05) is 0 Å². The predicted molar refractivity (Wildman–Crippen MR) is 91.8 cm³/mol. The number of morpholine rings is 1. The molecule has 0 N–H and O–H groups in total. The van der Waals surface area contributed by atoms with E-state index in [9.17, 15) is 8.42 Å². The van der Waals surface area contributed by atoms with E-state index in [2.05, 4.69) is 6.58 Å². The highest BCUT2D eigenvalue weighted by Crippen LogP contribution is 2.61. The molecule has 0 saturated carbocycles. The molecule has 2 aliphatic rings. The maximum Gasteiger partial charge on any atom is 0.264 e. The highest BCUT2D eigenvalue weighted by Gasteiger charge is 2.70. The Morgan fingerprint density at radius 3 is 2.33 bits per heavy atom. The second-order valence-corrected chi connectivity index (χ2v) is 8.42. The van der Waals surface area contributed by atoms with Gasteiger partial charge in [-0.25, -0.2) is 8.42 Å². The Kier molecular flexibility index (Phi) is 3.18. The predicted octanol–water partition coefficient (Wildman–Crippen LogP) is 3.41. The average Bonchev–Trinajstić information content (AvgIpc) is 3.19. The van der Waals surface area contributed by atoms with E-state index in [1.807, 2.05) is 56.3 Å². The summed E-state index contributed by atoms with van der Waals surface area (Å²) in [5.41, 5.74) is 1.90. The molecule has 2 heterocycles. The van der Waals surface area contributed by atoms with Crippen LogP contribution in [0.5, 0.6) is 0 Å². The van der Waals surface area contributed by atoms with Gasteiger partial charge in [0.05, 0.1) is 10.6 Å². The van der Waals surface area contributed by atoms with E-state index < -0.39 is 21.7 Å². The molecule has 0 spiro atoms. The van der Waals surface area contributed by atoms with Crippen LogP contribution in [0.1, 0.15) is 24.1 Å². The molecule has 24 heavy (non-hydrogen) atoms. The van der Waals surface area contributed by atoms with Crippen LogP contribution >= 0.6 is 0 Å². The molecule has 2 aromatic rings. The van der Waals surface area contributed by atoms with Crippen molar-refractivity contribution >= 4 is 10.0 Å². The molecular formula is C19H19NO3S. The van der Waals surface area contributed by atoms with Gasteiger partial charge in [-0.1, -0.05) is 54.6 Å². The number of rotatable bonds is 3. The first-order valence-corrected chi connectivity index (χ1v) is 9.32. The van der Waals surface area contributed by atoms with Gasteiger partial charge >= 0.3 is 0 Å². The normalized spacial score (nSPS) is 28.8. The van der Waals surface area contributed by atoms with Crippen LogP contribution in [-0.2, 0) is 14.8 Å². The van der Waals surface area contributed by atoms with Crippen LogP contribution in [0.2, 0.25) is 0 Å². The van der Waals surface area contributed by atoms with E-state index in [1.165, 1.54) is 4.31 Å². The Morgan fingerprint density at radius 2 is 1.71 bits per heavy atom. The fourth-order valence-corrected chi connectivity index (χ4v) is 5.28. The zero-order chi connectivity index (χ0) is 17.1. The van der Waals surface area contributed by atoms with Crippen molar-refractivity contribution in [3.8, 4) is 0 Å². The lowest BCUT2D eigenvalue weighted by atomic mass is 9.95. The molecule has 0 aliphatic carbocycles. The van der Waals surface area contributed by atoms with Crippen LogP contribution < -0.4 is 0 Å². The Balaban J connectivity index is 1.83. The van der Waals surface area contributed by atoms with Crippen molar-refractivity contribution in [3.05, 3.63) is 78.0 Å². The van der Waals surface area contributed by atoms with Gasteiger partial charge in [0.1, 0.15) is 17.7 Å². The number of nitrogens with zero attached hydrogens (tertiary/aromatic N) is 1. The molecule has 2 saturated heterocycles. The van der Waals surface area contributed by atoms with E-state index in [0.717, 1.165) is 11.1 Å². The van der Waals surface area contributed by atoms with Crippen molar-refractivity contribution in [3.63, 3.8) is 0 Å². The van der Waals surface area contributed by atoms with Gasteiger partial charge in [-0.2, -0.15) is 0 Å². The van der Waals surface area contributed by atoms with Gasteiger partial charge in [0.2, 0.25) is 0 Å². The SMILES string of the molecule is C=C1[C@@H]2O[C@]2(C)[C@@H](c2ccccc2)N1S(=O)(=O)c1ccc(C)cc1. The molecule has 3 atom stereocenters. The molecule has 4 rings (SSSR count). The van der Waals surface area contributed by atoms with Crippen LogP contribution in [0.25, 0.3) is 0 Å². The summed E-state index contributed by atoms with van der Waals surface area (Å²) in [6.45, 7) is 7.89. The molecule has 5 heteroatoms. The van der Waals surface area contributed by atoms with E-state index >= 15 is 0 Å². The van der Waals surface area contributed by atoms with Crippen molar-refractivity contribution < 1.29 is 13.2 Å². The summed E-state index contributed by atoms with van der Waals surface area (Å²) < 4.78 is 33.8. The van der Waals surface area contributed by atoms with Crippen LogP contribution in [0.3, 0.4) is 0 Å². The van der Waals surface area contributed by atoms with Gasteiger partial charge in [0.15, 0.2) is 0 Å². The zero-order valence-corrected chi connectivity index (χ0v) is 14.5. The standard InChI is InChI=1S/C19H19NO3S/c1-13-9-11-16(12-10-13)24(21,22)20-14(2)18-19(3,23-18)17(20)15-7-5-4-6-8-15/h4-12,17-18H,2H2,1,3H3/t17-,18+,19-/m1/s1. The second-order valence-electron chi connectivity index (χ2n) is 6.60. The molecule has 0 bridgehead atoms. The Hall–Kier alpha value is -2.11. The second kappa shape index (κ2) is 4.94. The van der Waals surface area contributed by atoms with Crippen molar-refractivity contribution in [1.82, 2.24) is 4.31 Å². The lowest BCUT2D eigenvalue weighted by molar-refractivity contribution is 0.190. The van der Waals surface area contributed by atoms with E-state index in [-0.39, 0.29) is 11.0 Å². The van der Waals surface area contributed by atoms with Gasteiger partial charge in [-0.15, -0.1) is 0 Å². The maximum absolute atomic E-state index is 13.3. The number of hydrogen-bond acceptors (Lipinski definition) is 3. The van der Waals surface area contributed by atoms with Gasteiger partial charge in [-0.05, 0) is 31.5 Å². The summed E-state index contributed by atoms with van der Waals surface area (Å²) in [7, 11) is -3.69. The lowest BCUT2D eigenvalue weighted by Crippen LogP contribution is -2.35. The molecule has 2 aromatic carbocycles. The number of ether oxygens (including phenoxy) is 1.